The molecule has 1 aromatic carbocycles. The van der Waals surface area contributed by atoms with Crippen molar-refractivity contribution in [3.05, 3.63) is 39.0 Å². The Morgan fingerprint density at radius 1 is 1.42 bits per heavy atom. The van der Waals surface area contributed by atoms with E-state index in [2.05, 4.69) is 16.0 Å². The lowest BCUT2D eigenvalue weighted by molar-refractivity contribution is -0.138. The van der Waals surface area contributed by atoms with E-state index in [-0.39, 0.29) is 22.0 Å². The zero-order valence-corrected chi connectivity index (χ0v) is 18.0. The molecule has 31 heavy (non-hydrogen) atoms. The van der Waals surface area contributed by atoms with Gasteiger partial charge in [-0.2, -0.15) is 18.4 Å². The van der Waals surface area contributed by atoms with Crippen molar-refractivity contribution in [1.29, 1.82) is 10.7 Å². The summed E-state index contributed by atoms with van der Waals surface area (Å²) >= 11 is 4.16. The van der Waals surface area contributed by atoms with Crippen LogP contribution in [0, 0.1) is 16.7 Å². The van der Waals surface area contributed by atoms with E-state index in [0.29, 0.717) is 12.1 Å². The molecule has 1 aliphatic rings. The maximum Gasteiger partial charge on any atom is 0.416 e. The Hall–Kier alpha value is -2.75. The minimum absolute atomic E-state index is 0.151. The molecule has 2 atom stereocenters. The molecular formula is C18H17ClF3N5O3S. The van der Waals surface area contributed by atoms with Gasteiger partial charge in [-0.3, -0.25) is 15.0 Å². The van der Waals surface area contributed by atoms with Crippen LogP contribution in [0.2, 0.25) is 5.02 Å². The second kappa shape index (κ2) is 8.78. The molecule has 8 nitrogen and oxygen atoms in total. The molecule has 0 bridgehead atoms. The molecule has 0 radical (unpaired) electrons. The number of allylic oxidation sites excluding steroid dienone is 1. The molecule has 1 amide bonds. The van der Waals surface area contributed by atoms with Crippen LogP contribution in [0.15, 0.2) is 22.9 Å². The van der Waals surface area contributed by atoms with E-state index in [4.69, 9.17) is 17.0 Å². The summed E-state index contributed by atoms with van der Waals surface area (Å²) in [7, 11) is 1.22. The van der Waals surface area contributed by atoms with Gasteiger partial charge < -0.3 is 20.5 Å². The van der Waals surface area contributed by atoms with Crippen molar-refractivity contribution in [3.8, 4) is 6.07 Å². The highest BCUT2D eigenvalue weighted by Gasteiger charge is 2.48. The smallest absolute Gasteiger partial charge is 0.416 e. The number of benzene rings is 1. The molecular weight excluding hydrogens is 459 g/mol. The summed E-state index contributed by atoms with van der Waals surface area (Å²) in [5.74, 6) is -1.87. The number of fused-ring (bicyclic) bond motifs is 1. The molecule has 0 fully saturated rings. The molecule has 4 N–H and O–H groups in total. The first-order valence-electron chi connectivity index (χ1n) is 8.53. The van der Waals surface area contributed by atoms with E-state index >= 15 is 0 Å². The van der Waals surface area contributed by atoms with E-state index in [0.717, 1.165) is 6.92 Å². The standard InChI is InChI=1S/C18H17ClF3N5O3S/c1-8(28)12(24)14(31(3)30)15-26-13-10(6-9(7-11(13)19)18(20,21)22)17(27-15,4-5-23)16(29)25-2/h6-7,24,26-27H,4H2,1-3H3,(H,25,29)/b15-14-,24-12?. The third kappa shape index (κ3) is 4.48. The Balaban J connectivity index is 2.96. The molecule has 166 valence electrons. The minimum atomic E-state index is -4.79. The number of nitriles is 1. The van der Waals surface area contributed by atoms with Crippen molar-refractivity contribution in [1.82, 2.24) is 10.6 Å². The molecule has 2 unspecified atom stereocenters. The number of rotatable bonds is 5. The number of nitrogens with one attached hydrogen (secondary N) is 4. The molecule has 0 saturated carbocycles. The van der Waals surface area contributed by atoms with E-state index < -0.39 is 57.3 Å². The van der Waals surface area contributed by atoms with Gasteiger partial charge >= 0.3 is 6.18 Å². The van der Waals surface area contributed by atoms with Crippen LogP contribution in [-0.2, 0) is 32.5 Å². The monoisotopic (exact) mass is 475 g/mol. The van der Waals surface area contributed by atoms with Gasteiger partial charge in [-0.05, 0) is 23.3 Å². The van der Waals surface area contributed by atoms with Gasteiger partial charge in [-0.25, -0.2) is 0 Å². The predicted octanol–water partition coefficient (Wildman–Crippen LogP) is 2.39. The second-order valence-corrected chi connectivity index (χ2v) is 8.26. The fourth-order valence-electron chi connectivity index (χ4n) is 3.09. The first-order chi connectivity index (χ1) is 14.3. The summed E-state index contributed by atoms with van der Waals surface area (Å²) in [5, 5.41) is 24.5. The Kier molecular flexibility index (Phi) is 6.94. The number of ketones is 1. The van der Waals surface area contributed by atoms with Gasteiger partial charge in [0.05, 0.1) is 28.8 Å². The number of hydrogen-bond donors (Lipinski definition) is 4. The number of nitrogens with zero attached hydrogens (tertiary/aromatic N) is 1. The van der Waals surface area contributed by atoms with Gasteiger partial charge in [0, 0.05) is 19.5 Å². The minimum Gasteiger partial charge on any atom is -0.611 e. The Morgan fingerprint density at radius 2 is 2.03 bits per heavy atom. The number of halogens is 4. The molecule has 0 saturated heterocycles. The normalized spacial score (nSPS) is 20.4. The fraction of sp³-hybridized carbons (Fsp3) is 0.333. The number of likely N-dealkylation sites (N-methyl/N-ethyl adjacent to an activating group) is 1. The van der Waals surface area contributed by atoms with Crippen LogP contribution in [0.5, 0.6) is 0 Å². The number of alkyl halides is 3. The zero-order chi connectivity index (χ0) is 23.7. The van der Waals surface area contributed by atoms with E-state index in [1.54, 1.807) is 6.07 Å². The van der Waals surface area contributed by atoms with Crippen molar-refractivity contribution in [2.45, 2.75) is 25.1 Å². The van der Waals surface area contributed by atoms with Crippen LogP contribution >= 0.6 is 11.6 Å². The SMILES string of the molecule is CNC(=O)C1(CC#N)N/C(=C(/C(=N)C(C)=O)[S+](C)[O-])Nc2c(Cl)cc(C(F)(F)F)cc21. The maximum atomic E-state index is 13.4. The number of Topliss-reactive ketones (excluding diaryl/α,β-unsaturated/α-hetero) is 1. The number of anilines is 1. The molecule has 2 rings (SSSR count). The summed E-state index contributed by atoms with van der Waals surface area (Å²) in [6, 6.07) is 3.08. The summed E-state index contributed by atoms with van der Waals surface area (Å²) in [5.41, 5.74) is -4.29. The van der Waals surface area contributed by atoms with E-state index in [1.807, 2.05) is 0 Å². The third-order valence-electron chi connectivity index (χ3n) is 4.52. The quantitative estimate of drug-likeness (QED) is 0.380. The number of hydrogen-bond acceptors (Lipinski definition) is 7. The second-order valence-electron chi connectivity index (χ2n) is 6.54. The lowest BCUT2D eigenvalue weighted by atomic mass is 9.82. The van der Waals surface area contributed by atoms with Gasteiger partial charge in [0.2, 0.25) is 4.91 Å². The lowest BCUT2D eigenvalue weighted by Crippen LogP contribution is -2.57. The van der Waals surface area contributed by atoms with Crippen molar-refractivity contribution in [2.24, 2.45) is 0 Å². The van der Waals surface area contributed by atoms with Crippen molar-refractivity contribution >= 4 is 45.9 Å². The molecule has 13 heteroatoms. The average Bonchev–Trinajstić information content (AvgIpc) is 2.66. The summed E-state index contributed by atoms with van der Waals surface area (Å²) in [6.07, 6.45) is -4.25. The lowest BCUT2D eigenvalue weighted by Gasteiger charge is -2.40. The molecule has 1 heterocycles. The number of carbonyl (C=O) groups excluding carboxylic acids is 2. The number of amides is 1. The molecule has 1 aromatic rings. The molecule has 0 spiro atoms. The van der Waals surface area contributed by atoms with E-state index in [1.165, 1.54) is 13.3 Å². The van der Waals surface area contributed by atoms with Gasteiger partial charge in [0.1, 0.15) is 6.26 Å². The summed E-state index contributed by atoms with van der Waals surface area (Å²) in [4.78, 5) is 24.3. The first-order valence-corrected chi connectivity index (χ1v) is 10.5. The van der Waals surface area contributed by atoms with Gasteiger partial charge in [0.15, 0.2) is 22.9 Å². The molecule has 0 aromatic heterocycles. The van der Waals surface area contributed by atoms with Crippen LogP contribution in [0.1, 0.15) is 24.5 Å². The van der Waals surface area contributed by atoms with Gasteiger partial charge in [-0.15, -0.1) is 0 Å². The van der Waals surface area contributed by atoms with Crippen molar-refractivity contribution in [2.75, 3.05) is 18.6 Å². The topological polar surface area (TPSA) is 141 Å². The fourth-order valence-corrected chi connectivity index (χ4v) is 4.17. The Bertz CT molecular complexity index is 1040. The van der Waals surface area contributed by atoms with Crippen LogP contribution in [-0.4, -0.2) is 35.3 Å². The molecule has 0 aliphatic carbocycles. The highest BCUT2D eigenvalue weighted by atomic mass is 35.5. The molecule has 1 aliphatic heterocycles. The Morgan fingerprint density at radius 3 is 2.48 bits per heavy atom. The van der Waals surface area contributed by atoms with Crippen LogP contribution in [0.4, 0.5) is 18.9 Å². The highest BCUT2D eigenvalue weighted by Crippen LogP contribution is 2.45. The van der Waals surface area contributed by atoms with Crippen LogP contribution in [0.25, 0.3) is 0 Å². The number of carbonyl (C=O) groups is 2. The van der Waals surface area contributed by atoms with Gasteiger partial charge in [-0.1, -0.05) is 11.6 Å². The third-order valence-corrected chi connectivity index (χ3v) is 5.80. The average molecular weight is 476 g/mol. The predicted molar refractivity (Wildman–Crippen MR) is 109 cm³/mol. The van der Waals surface area contributed by atoms with Gasteiger partial charge in [0.25, 0.3) is 5.91 Å². The van der Waals surface area contributed by atoms with Crippen molar-refractivity contribution < 1.29 is 27.3 Å². The zero-order valence-electron chi connectivity index (χ0n) is 16.5. The van der Waals surface area contributed by atoms with E-state index in [9.17, 15) is 32.6 Å². The summed E-state index contributed by atoms with van der Waals surface area (Å²) in [6.45, 7) is 1.07. The first kappa shape index (κ1) is 24.5. The van der Waals surface area contributed by atoms with Crippen LogP contribution < -0.4 is 16.0 Å². The maximum absolute atomic E-state index is 13.4. The largest absolute Gasteiger partial charge is 0.611 e. The Labute approximate surface area is 183 Å². The highest BCUT2D eigenvalue weighted by molar-refractivity contribution is 7.95. The van der Waals surface area contributed by atoms with Crippen molar-refractivity contribution in [3.63, 3.8) is 0 Å². The summed E-state index contributed by atoms with van der Waals surface area (Å²) < 4.78 is 52.5. The van der Waals surface area contributed by atoms with Crippen LogP contribution in [0.3, 0.4) is 0 Å².